The van der Waals surface area contributed by atoms with E-state index < -0.39 is 35.8 Å². The second kappa shape index (κ2) is 10.6. The number of alkyl halides is 6. The van der Waals surface area contributed by atoms with Crippen molar-refractivity contribution < 1.29 is 35.9 Å². The largest absolute Gasteiger partial charge is 0.416 e. The molecule has 37 heavy (non-hydrogen) atoms. The topological polar surface area (TPSA) is 41.6 Å². The van der Waals surface area contributed by atoms with Gasteiger partial charge in [-0.2, -0.15) is 26.3 Å². The molecule has 0 unspecified atom stereocenters. The highest BCUT2D eigenvalue weighted by Gasteiger charge is 2.48. The average molecular weight is 529 g/mol. The molecule has 2 aromatic carbocycles. The van der Waals surface area contributed by atoms with E-state index in [4.69, 9.17) is 4.74 Å². The first-order chi connectivity index (χ1) is 17.4. The Morgan fingerprint density at radius 3 is 2.19 bits per heavy atom. The lowest BCUT2D eigenvalue weighted by Crippen LogP contribution is -2.61. The average Bonchev–Trinajstić information content (AvgIpc) is 2.87. The Morgan fingerprint density at radius 1 is 0.946 bits per heavy atom. The summed E-state index contributed by atoms with van der Waals surface area (Å²) in [6, 6.07) is 10.9. The van der Waals surface area contributed by atoms with Gasteiger partial charge in [0.05, 0.1) is 17.7 Å². The first kappa shape index (κ1) is 27.4. The van der Waals surface area contributed by atoms with E-state index in [9.17, 15) is 31.1 Å². The number of halogens is 6. The third kappa shape index (κ3) is 6.12. The maximum absolute atomic E-state index is 13.4. The van der Waals surface area contributed by atoms with Crippen molar-refractivity contribution in [1.82, 2.24) is 10.2 Å². The number of piperidine rings is 2. The number of nitrogens with zero attached hydrogens (tertiary/aromatic N) is 1. The summed E-state index contributed by atoms with van der Waals surface area (Å²) in [5.74, 6) is -0.412. The zero-order chi connectivity index (χ0) is 26.8. The molecule has 1 N–H and O–H groups in total. The quantitative estimate of drug-likeness (QED) is 0.424. The van der Waals surface area contributed by atoms with Crippen LogP contribution in [0.5, 0.6) is 0 Å². The van der Waals surface area contributed by atoms with Gasteiger partial charge in [-0.15, -0.1) is 0 Å². The van der Waals surface area contributed by atoms with Crippen LogP contribution >= 0.6 is 0 Å². The van der Waals surface area contributed by atoms with E-state index in [1.807, 2.05) is 30.3 Å². The molecule has 2 aromatic rings. The molecule has 3 atom stereocenters. The normalized spacial score (nSPS) is 23.1. The van der Waals surface area contributed by atoms with Gasteiger partial charge in [-0.3, -0.25) is 4.79 Å². The van der Waals surface area contributed by atoms with Crippen LogP contribution in [0, 0.1) is 5.92 Å². The Kier molecular flexibility index (Phi) is 7.90. The molecule has 2 aliphatic rings. The minimum Gasteiger partial charge on any atom is -0.351 e. The number of ether oxygens (including phenoxy) is 1. The minimum atomic E-state index is -4.95. The van der Waals surface area contributed by atoms with Crippen LogP contribution in [0.25, 0.3) is 0 Å². The smallest absolute Gasteiger partial charge is 0.351 e. The monoisotopic (exact) mass is 528 g/mol. The van der Waals surface area contributed by atoms with E-state index in [1.165, 1.54) is 0 Å². The Labute approximate surface area is 212 Å². The Morgan fingerprint density at radius 2 is 1.59 bits per heavy atom. The van der Waals surface area contributed by atoms with Gasteiger partial charge in [-0.1, -0.05) is 30.3 Å². The minimum absolute atomic E-state index is 0.105. The van der Waals surface area contributed by atoms with Crippen molar-refractivity contribution in [3.63, 3.8) is 0 Å². The SMILES string of the molecule is C[C@](OCc1cc(C(F)(F)F)cc(C(F)(F)F)c1)([C@H]1CCCN[C@@H]1c1ccccc1)N1CCCCC1=O. The van der Waals surface area contributed by atoms with Gasteiger partial charge in [0.2, 0.25) is 5.91 Å². The van der Waals surface area contributed by atoms with E-state index >= 15 is 0 Å². The van der Waals surface area contributed by atoms with Gasteiger partial charge < -0.3 is 15.0 Å². The molecule has 10 heteroatoms. The molecule has 2 heterocycles. The zero-order valence-corrected chi connectivity index (χ0v) is 20.5. The van der Waals surface area contributed by atoms with Gasteiger partial charge >= 0.3 is 12.4 Å². The van der Waals surface area contributed by atoms with Gasteiger partial charge in [-0.05, 0) is 68.5 Å². The van der Waals surface area contributed by atoms with Crippen LogP contribution in [0.3, 0.4) is 0 Å². The summed E-state index contributed by atoms with van der Waals surface area (Å²) in [6.07, 6.45) is -6.67. The fourth-order valence-electron chi connectivity index (χ4n) is 5.47. The number of rotatable bonds is 6. The standard InChI is InChI=1S/C27H30F6N2O2/c1-25(35-13-6-5-11-23(35)36,22-10-7-12-34-24(22)19-8-3-2-4-9-19)37-17-18-14-20(26(28,29)30)16-21(15-18)27(31,32)33/h2-4,8-9,14-16,22,24,34H,5-7,10-13,17H2,1H3/t22-,24+,25-/m0/s1. The fourth-order valence-corrected chi connectivity index (χ4v) is 5.47. The van der Waals surface area contributed by atoms with Crippen molar-refractivity contribution in [3.05, 3.63) is 70.8 Å². The molecule has 2 saturated heterocycles. The predicted octanol–water partition coefficient (Wildman–Crippen LogP) is 6.71. The first-order valence-corrected chi connectivity index (χ1v) is 12.4. The summed E-state index contributed by atoms with van der Waals surface area (Å²) in [4.78, 5) is 14.7. The highest BCUT2D eigenvalue weighted by Crippen LogP contribution is 2.43. The highest BCUT2D eigenvalue weighted by atomic mass is 19.4. The van der Waals surface area contributed by atoms with Crippen molar-refractivity contribution in [2.45, 2.75) is 69.8 Å². The van der Waals surface area contributed by atoms with Crippen molar-refractivity contribution >= 4 is 5.91 Å². The number of carbonyl (C=O) groups is 1. The number of nitrogens with one attached hydrogen (secondary N) is 1. The lowest BCUT2D eigenvalue weighted by molar-refractivity contribution is -0.207. The van der Waals surface area contributed by atoms with Gasteiger partial charge in [0.1, 0.15) is 5.72 Å². The summed E-state index contributed by atoms with van der Waals surface area (Å²) in [5, 5.41) is 3.49. The third-order valence-corrected chi connectivity index (χ3v) is 7.34. The predicted molar refractivity (Wildman–Crippen MR) is 125 cm³/mol. The fraction of sp³-hybridized carbons (Fsp3) is 0.519. The maximum Gasteiger partial charge on any atom is 0.416 e. The number of carbonyl (C=O) groups excluding carboxylic acids is 1. The van der Waals surface area contributed by atoms with Crippen LogP contribution in [-0.2, 0) is 28.5 Å². The summed E-state index contributed by atoms with van der Waals surface area (Å²) in [7, 11) is 0. The lowest BCUT2D eigenvalue weighted by atomic mass is 9.78. The van der Waals surface area contributed by atoms with Gasteiger partial charge in [-0.25, -0.2) is 0 Å². The molecule has 1 amide bonds. The second-order valence-corrected chi connectivity index (χ2v) is 9.85. The molecule has 4 rings (SSSR count). The second-order valence-electron chi connectivity index (χ2n) is 9.85. The molecule has 2 aliphatic heterocycles. The van der Waals surface area contributed by atoms with Crippen molar-refractivity contribution in [2.75, 3.05) is 13.1 Å². The number of amides is 1. The molecule has 0 aromatic heterocycles. The zero-order valence-electron chi connectivity index (χ0n) is 20.5. The lowest BCUT2D eigenvalue weighted by Gasteiger charge is -2.51. The number of likely N-dealkylation sites (tertiary alicyclic amines) is 1. The van der Waals surface area contributed by atoms with Gasteiger partial charge in [0.25, 0.3) is 0 Å². The van der Waals surface area contributed by atoms with E-state index in [1.54, 1.807) is 11.8 Å². The summed E-state index contributed by atoms with van der Waals surface area (Å²) in [5.41, 5.74) is -3.31. The van der Waals surface area contributed by atoms with Gasteiger partial charge in [0, 0.05) is 24.9 Å². The number of hydrogen-bond donors (Lipinski definition) is 1. The van der Waals surface area contributed by atoms with Gasteiger partial charge in [0.15, 0.2) is 0 Å². The summed E-state index contributed by atoms with van der Waals surface area (Å²) in [6.45, 7) is 2.37. The molecule has 4 nitrogen and oxygen atoms in total. The van der Waals surface area contributed by atoms with E-state index in [0.717, 1.165) is 31.4 Å². The Balaban J connectivity index is 1.72. The summed E-state index contributed by atoms with van der Waals surface area (Å²) >= 11 is 0. The highest BCUT2D eigenvalue weighted by molar-refractivity contribution is 5.77. The van der Waals surface area contributed by atoms with Crippen LogP contribution in [0.4, 0.5) is 26.3 Å². The number of hydrogen-bond acceptors (Lipinski definition) is 3. The maximum atomic E-state index is 13.4. The van der Waals surface area contributed by atoms with Crippen LogP contribution in [-0.4, -0.2) is 29.6 Å². The molecular weight excluding hydrogens is 498 g/mol. The molecule has 202 valence electrons. The van der Waals surface area contributed by atoms with Crippen LogP contribution < -0.4 is 5.32 Å². The van der Waals surface area contributed by atoms with E-state index in [2.05, 4.69) is 5.32 Å². The Bertz CT molecular complexity index is 1060. The Hall–Kier alpha value is -2.59. The molecule has 2 fully saturated rings. The first-order valence-electron chi connectivity index (χ1n) is 12.4. The molecule has 0 aliphatic carbocycles. The molecule has 0 radical (unpaired) electrons. The van der Waals surface area contributed by atoms with Crippen LogP contribution in [0.1, 0.15) is 67.3 Å². The van der Waals surface area contributed by atoms with Crippen molar-refractivity contribution in [2.24, 2.45) is 5.92 Å². The molecule has 0 bridgehead atoms. The molecule has 0 spiro atoms. The molecular formula is C27H30F6N2O2. The van der Waals surface area contributed by atoms with Crippen molar-refractivity contribution in [1.29, 1.82) is 0 Å². The van der Waals surface area contributed by atoms with Crippen molar-refractivity contribution in [3.8, 4) is 0 Å². The van der Waals surface area contributed by atoms with E-state index in [0.29, 0.717) is 31.5 Å². The summed E-state index contributed by atoms with van der Waals surface area (Å²) < 4.78 is 86.8. The number of benzene rings is 2. The van der Waals surface area contributed by atoms with Crippen LogP contribution in [0.15, 0.2) is 48.5 Å². The third-order valence-electron chi connectivity index (χ3n) is 7.34. The van der Waals surface area contributed by atoms with E-state index in [-0.39, 0.29) is 29.5 Å². The molecule has 0 saturated carbocycles. The van der Waals surface area contributed by atoms with Crippen LogP contribution in [0.2, 0.25) is 0 Å².